The molecule has 0 saturated carbocycles. The van der Waals surface area contributed by atoms with Gasteiger partial charge in [0, 0.05) is 0 Å². The molecule has 0 N–H and O–H groups in total. The standard InChI is InChI=1S/C12H16/c1-5-12(3,4)11-8-6-10(2)7-9-11/h5-9H,2H2,1,3-4H3. The molecule has 1 aromatic rings. The summed E-state index contributed by atoms with van der Waals surface area (Å²) in [5, 5.41) is 0. The second-order valence-electron chi connectivity index (χ2n) is 3.71. The van der Waals surface area contributed by atoms with E-state index >= 15 is 0 Å². The maximum absolute atomic E-state index is 3.86. The molecule has 1 aromatic carbocycles. The molecule has 0 spiro atoms. The highest BCUT2D eigenvalue weighted by Gasteiger charge is 2.17. The quantitative estimate of drug-likeness (QED) is 0.622. The van der Waals surface area contributed by atoms with Crippen molar-refractivity contribution in [3.8, 4) is 0 Å². The Morgan fingerprint density at radius 1 is 1.17 bits per heavy atom. The van der Waals surface area contributed by atoms with Crippen molar-refractivity contribution in [1.82, 2.24) is 0 Å². The molecule has 2 radical (unpaired) electrons. The van der Waals surface area contributed by atoms with E-state index in [1.165, 1.54) is 5.56 Å². The molecule has 0 nitrogen and oxygen atoms in total. The Morgan fingerprint density at radius 2 is 1.67 bits per heavy atom. The summed E-state index contributed by atoms with van der Waals surface area (Å²) in [6.45, 7) is 10.4. The lowest BCUT2D eigenvalue weighted by Gasteiger charge is -2.22. The van der Waals surface area contributed by atoms with E-state index in [9.17, 15) is 0 Å². The van der Waals surface area contributed by atoms with E-state index in [-0.39, 0.29) is 5.41 Å². The Morgan fingerprint density at radius 3 is 2.08 bits per heavy atom. The van der Waals surface area contributed by atoms with E-state index in [4.69, 9.17) is 0 Å². The monoisotopic (exact) mass is 160 g/mol. The van der Waals surface area contributed by atoms with Crippen molar-refractivity contribution in [2.45, 2.75) is 26.2 Å². The van der Waals surface area contributed by atoms with Gasteiger partial charge in [0.2, 0.25) is 0 Å². The van der Waals surface area contributed by atoms with Gasteiger partial charge in [-0.05, 0) is 29.9 Å². The molecule has 0 aliphatic rings. The molecule has 0 saturated heterocycles. The van der Waals surface area contributed by atoms with Gasteiger partial charge in [-0.3, -0.25) is 0 Å². The zero-order chi connectivity index (χ0) is 9.19. The topological polar surface area (TPSA) is 0 Å². The fourth-order valence-electron chi connectivity index (χ4n) is 1.10. The SMILES string of the molecule is [CH2]c1ccc(C(C)(C)[CH]C)cc1. The summed E-state index contributed by atoms with van der Waals surface area (Å²) < 4.78 is 0. The van der Waals surface area contributed by atoms with Crippen LogP contribution in [0.5, 0.6) is 0 Å². The molecule has 12 heavy (non-hydrogen) atoms. The van der Waals surface area contributed by atoms with Crippen LogP contribution in [0.3, 0.4) is 0 Å². The van der Waals surface area contributed by atoms with Crippen LogP contribution in [-0.2, 0) is 5.41 Å². The Hall–Kier alpha value is -0.780. The molecule has 64 valence electrons. The highest BCUT2D eigenvalue weighted by Crippen LogP contribution is 2.25. The summed E-state index contributed by atoms with van der Waals surface area (Å²) in [4.78, 5) is 0. The lowest BCUT2D eigenvalue weighted by Crippen LogP contribution is -2.15. The molecular formula is C12H16. The van der Waals surface area contributed by atoms with E-state index in [0.29, 0.717) is 0 Å². The largest absolute Gasteiger partial charge is 0.0614 e. The van der Waals surface area contributed by atoms with E-state index < -0.39 is 0 Å². The van der Waals surface area contributed by atoms with E-state index in [0.717, 1.165) is 5.56 Å². The summed E-state index contributed by atoms with van der Waals surface area (Å²) in [6, 6.07) is 8.39. The van der Waals surface area contributed by atoms with Gasteiger partial charge in [0.15, 0.2) is 0 Å². The van der Waals surface area contributed by atoms with Crippen molar-refractivity contribution in [3.05, 3.63) is 48.7 Å². The number of hydrogen-bond donors (Lipinski definition) is 0. The van der Waals surface area contributed by atoms with Crippen LogP contribution in [0.2, 0.25) is 0 Å². The van der Waals surface area contributed by atoms with Crippen molar-refractivity contribution in [2.75, 3.05) is 0 Å². The van der Waals surface area contributed by atoms with Crippen LogP contribution >= 0.6 is 0 Å². The predicted molar refractivity (Wildman–Crippen MR) is 53.9 cm³/mol. The molecule has 0 aromatic heterocycles. The molecule has 1 rings (SSSR count). The van der Waals surface area contributed by atoms with Crippen molar-refractivity contribution in [1.29, 1.82) is 0 Å². The van der Waals surface area contributed by atoms with E-state index in [1.807, 2.05) is 0 Å². The van der Waals surface area contributed by atoms with Crippen LogP contribution in [0.25, 0.3) is 0 Å². The number of benzene rings is 1. The smallest absolute Gasteiger partial charge is 0.00751 e. The first-order valence-electron chi connectivity index (χ1n) is 4.29. The van der Waals surface area contributed by atoms with Crippen LogP contribution in [0.15, 0.2) is 24.3 Å². The Kier molecular flexibility index (Phi) is 2.56. The molecule has 0 fully saturated rings. The third-order valence-electron chi connectivity index (χ3n) is 2.42. The highest BCUT2D eigenvalue weighted by atomic mass is 14.2. The van der Waals surface area contributed by atoms with Gasteiger partial charge in [0.05, 0.1) is 0 Å². The fraction of sp³-hybridized carbons (Fsp3) is 0.333. The predicted octanol–water partition coefficient (Wildman–Crippen LogP) is 3.37. The number of hydrogen-bond acceptors (Lipinski definition) is 0. The highest BCUT2D eigenvalue weighted by molar-refractivity contribution is 5.31. The van der Waals surface area contributed by atoms with Crippen molar-refractivity contribution >= 4 is 0 Å². The van der Waals surface area contributed by atoms with E-state index in [1.54, 1.807) is 0 Å². The van der Waals surface area contributed by atoms with Gasteiger partial charge in [0.25, 0.3) is 0 Å². The van der Waals surface area contributed by atoms with Crippen LogP contribution in [0, 0.1) is 13.3 Å². The Balaban J connectivity index is 2.96. The summed E-state index contributed by atoms with van der Waals surface area (Å²) in [7, 11) is 0. The van der Waals surface area contributed by atoms with Gasteiger partial charge < -0.3 is 0 Å². The summed E-state index contributed by atoms with van der Waals surface area (Å²) in [5.41, 5.74) is 2.59. The van der Waals surface area contributed by atoms with E-state index in [2.05, 4.69) is 58.4 Å². The molecule has 0 heteroatoms. The Labute approximate surface area is 75.6 Å². The Bertz CT molecular complexity index is 241. The third-order valence-corrected chi connectivity index (χ3v) is 2.42. The van der Waals surface area contributed by atoms with Crippen LogP contribution in [0.1, 0.15) is 31.9 Å². The first kappa shape index (κ1) is 9.31. The summed E-state index contributed by atoms with van der Waals surface area (Å²) >= 11 is 0. The maximum atomic E-state index is 3.86. The van der Waals surface area contributed by atoms with Gasteiger partial charge in [-0.15, -0.1) is 0 Å². The minimum atomic E-state index is 0.174. The molecule has 0 heterocycles. The van der Waals surface area contributed by atoms with Crippen molar-refractivity contribution < 1.29 is 0 Å². The van der Waals surface area contributed by atoms with Crippen LogP contribution < -0.4 is 0 Å². The van der Waals surface area contributed by atoms with Gasteiger partial charge in [0.1, 0.15) is 0 Å². The second-order valence-corrected chi connectivity index (χ2v) is 3.71. The molecule has 0 aliphatic carbocycles. The molecule has 0 bridgehead atoms. The molecule has 0 unspecified atom stereocenters. The normalized spacial score (nSPS) is 11.7. The van der Waals surface area contributed by atoms with Crippen molar-refractivity contribution in [3.63, 3.8) is 0 Å². The van der Waals surface area contributed by atoms with Gasteiger partial charge in [-0.2, -0.15) is 0 Å². The first-order chi connectivity index (χ1) is 5.56. The van der Waals surface area contributed by atoms with Gasteiger partial charge >= 0.3 is 0 Å². The minimum absolute atomic E-state index is 0.174. The molecule has 0 atom stereocenters. The minimum Gasteiger partial charge on any atom is -0.0614 e. The van der Waals surface area contributed by atoms with Crippen molar-refractivity contribution in [2.24, 2.45) is 0 Å². The number of rotatable bonds is 2. The maximum Gasteiger partial charge on any atom is -0.00751 e. The molecule has 0 aliphatic heterocycles. The third kappa shape index (κ3) is 1.88. The lowest BCUT2D eigenvalue weighted by molar-refractivity contribution is 0.616. The van der Waals surface area contributed by atoms with Crippen LogP contribution in [-0.4, -0.2) is 0 Å². The molecular weight excluding hydrogens is 144 g/mol. The summed E-state index contributed by atoms with van der Waals surface area (Å²) in [6.07, 6.45) is 2.21. The van der Waals surface area contributed by atoms with Gasteiger partial charge in [-0.25, -0.2) is 0 Å². The first-order valence-corrected chi connectivity index (χ1v) is 4.29. The lowest BCUT2D eigenvalue weighted by atomic mass is 9.82. The zero-order valence-electron chi connectivity index (χ0n) is 8.09. The fourth-order valence-corrected chi connectivity index (χ4v) is 1.10. The zero-order valence-corrected chi connectivity index (χ0v) is 8.09. The second kappa shape index (κ2) is 3.30. The average molecular weight is 160 g/mol. The summed E-state index contributed by atoms with van der Waals surface area (Å²) in [5.74, 6) is 0. The van der Waals surface area contributed by atoms with Gasteiger partial charge in [-0.1, -0.05) is 45.0 Å². The van der Waals surface area contributed by atoms with Crippen LogP contribution in [0.4, 0.5) is 0 Å². The molecule has 0 amide bonds. The average Bonchev–Trinajstić information content (AvgIpc) is 2.05.